The fourth-order valence-electron chi connectivity index (χ4n) is 2.33. The summed E-state index contributed by atoms with van der Waals surface area (Å²) in [5.41, 5.74) is 0. The zero-order chi connectivity index (χ0) is 12.8. The predicted octanol–water partition coefficient (Wildman–Crippen LogP) is 0.881. The first-order chi connectivity index (χ1) is 8.04. The second-order valence-electron chi connectivity index (χ2n) is 5.28. The highest BCUT2D eigenvalue weighted by Crippen LogP contribution is 2.16. The molecule has 100 valence electrons. The van der Waals surface area contributed by atoms with Crippen molar-refractivity contribution in [3.63, 3.8) is 0 Å². The number of amides is 1. The monoisotopic (exact) mass is 241 g/mol. The van der Waals surface area contributed by atoms with Crippen molar-refractivity contribution < 1.29 is 4.79 Å². The van der Waals surface area contributed by atoms with E-state index in [0.717, 1.165) is 39.0 Å². The number of carbonyl (C=O) groups is 1. The van der Waals surface area contributed by atoms with Crippen LogP contribution in [0.4, 0.5) is 0 Å². The number of nitrogens with zero attached hydrogens (tertiary/aromatic N) is 3. The Morgan fingerprint density at radius 3 is 2.29 bits per heavy atom. The lowest BCUT2D eigenvalue weighted by atomic mass is 10.0. The maximum atomic E-state index is 12.0. The van der Waals surface area contributed by atoms with Gasteiger partial charge in [0.1, 0.15) is 0 Å². The van der Waals surface area contributed by atoms with Crippen molar-refractivity contribution in [3.05, 3.63) is 0 Å². The molecule has 0 radical (unpaired) electrons. The van der Waals surface area contributed by atoms with Crippen LogP contribution < -0.4 is 0 Å². The van der Waals surface area contributed by atoms with Crippen LogP contribution in [0.5, 0.6) is 0 Å². The Labute approximate surface area is 106 Å². The molecule has 0 aromatic carbocycles. The van der Waals surface area contributed by atoms with Crippen molar-refractivity contribution in [2.75, 3.05) is 47.3 Å². The minimum absolute atomic E-state index is 0.307. The van der Waals surface area contributed by atoms with E-state index in [1.54, 1.807) is 0 Å². The average molecular weight is 241 g/mol. The second kappa shape index (κ2) is 6.97. The van der Waals surface area contributed by atoms with Crippen LogP contribution in [0.1, 0.15) is 26.2 Å². The van der Waals surface area contributed by atoms with Gasteiger partial charge in [0.15, 0.2) is 0 Å². The molecule has 1 aliphatic heterocycles. The van der Waals surface area contributed by atoms with E-state index in [9.17, 15) is 4.79 Å². The van der Waals surface area contributed by atoms with Gasteiger partial charge in [0.05, 0.1) is 0 Å². The van der Waals surface area contributed by atoms with Crippen LogP contribution in [0.25, 0.3) is 0 Å². The molecule has 0 unspecified atom stereocenters. The molecule has 17 heavy (non-hydrogen) atoms. The summed E-state index contributed by atoms with van der Waals surface area (Å²) < 4.78 is 0. The third-order valence-corrected chi connectivity index (χ3v) is 3.54. The van der Waals surface area contributed by atoms with E-state index in [2.05, 4.69) is 35.8 Å². The number of carbonyl (C=O) groups excluding carboxylic acids is 1. The van der Waals surface area contributed by atoms with Crippen molar-refractivity contribution in [1.82, 2.24) is 14.7 Å². The molecule has 1 amide bonds. The maximum absolute atomic E-state index is 12.0. The number of likely N-dealkylation sites (tertiary alicyclic amines) is 1. The van der Waals surface area contributed by atoms with Gasteiger partial charge in [-0.25, -0.2) is 0 Å². The molecule has 0 aliphatic carbocycles. The Bertz CT molecular complexity index is 235. The molecule has 0 aromatic heterocycles. The first-order valence-electron chi connectivity index (χ1n) is 6.67. The Hall–Kier alpha value is -0.610. The van der Waals surface area contributed by atoms with Gasteiger partial charge >= 0.3 is 0 Å². The van der Waals surface area contributed by atoms with Gasteiger partial charge in [-0.3, -0.25) is 4.79 Å². The summed E-state index contributed by atoms with van der Waals surface area (Å²) >= 11 is 0. The molecule has 1 fully saturated rings. The molecule has 1 aliphatic rings. The Balaban J connectivity index is 2.53. The Kier molecular flexibility index (Phi) is 5.92. The van der Waals surface area contributed by atoms with Gasteiger partial charge in [-0.2, -0.15) is 0 Å². The number of hydrogen-bond acceptors (Lipinski definition) is 3. The number of piperidine rings is 1. The highest BCUT2D eigenvalue weighted by Gasteiger charge is 2.25. The first-order valence-corrected chi connectivity index (χ1v) is 6.67. The fraction of sp³-hybridized carbons (Fsp3) is 0.923. The van der Waals surface area contributed by atoms with Gasteiger partial charge in [0.25, 0.3) is 0 Å². The van der Waals surface area contributed by atoms with Crippen LogP contribution in [0.2, 0.25) is 0 Å². The summed E-state index contributed by atoms with van der Waals surface area (Å²) in [5, 5.41) is 0. The molecule has 0 spiro atoms. The molecule has 4 heteroatoms. The minimum Gasteiger partial charge on any atom is -0.338 e. The van der Waals surface area contributed by atoms with E-state index >= 15 is 0 Å². The van der Waals surface area contributed by atoms with Crippen LogP contribution >= 0.6 is 0 Å². The van der Waals surface area contributed by atoms with E-state index in [0.29, 0.717) is 18.4 Å². The lowest BCUT2D eigenvalue weighted by Crippen LogP contribution is -2.48. The third-order valence-electron chi connectivity index (χ3n) is 3.54. The van der Waals surface area contributed by atoms with Gasteiger partial charge in [0, 0.05) is 25.6 Å². The molecule has 1 heterocycles. The predicted molar refractivity (Wildman–Crippen MR) is 71.1 cm³/mol. The SMILES string of the molecule is CCC(=O)N(CCN(C)C)C1CCN(C)CC1. The van der Waals surface area contributed by atoms with Crippen LogP contribution in [0, 0.1) is 0 Å². The summed E-state index contributed by atoms with van der Waals surface area (Å²) in [6, 6.07) is 0.457. The normalized spacial score (nSPS) is 18.6. The zero-order valence-corrected chi connectivity index (χ0v) is 11.8. The zero-order valence-electron chi connectivity index (χ0n) is 11.8. The maximum Gasteiger partial charge on any atom is 0.222 e. The molecule has 0 aromatic rings. The highest BCUT2D eigenvalue weighted by molar-refractivity contribution is 5.76. The first kappa shape index (κ1) is 14.5. The molecule has 0 bridgehead atoms. The van der Waals surface area contributed by atoms with Gasteiger partial charge < -0.3 is 14.7 Å². The van der Waals surface area contributed by atoms with Gasteiger partial charge in [0.2, 0.25) is 5.91 Å². The van der Waals surface area contributed by atoms with Crippen molar-refractivity contribution in [2.45, 2.75) is 32.2 Å². The largest absolute Gasteiger partial charge is 0.338 e. The Morgan fingerprint density at radius 2 is 1.82 bits per heavy atom. The summed E-state index contributed by atoms with van der Waals surface area (Å²) in [7, 11) is 6.27. The van der Waals surface area contributed by atoms with Gasteiger partial charge in [-0.05, 0) is 47.1 Å². The lowest BCUT2D eigenvalue weighted by Gasteiger charge is -2.37. The van der Waals surface area contributed by atoms with Crippen molar-refractivity contribution in [3.8, 4) is 0 Å². The molecule has 0 atom stereocenters. The summed E-state index contributed by atoms with van der Waals surface area (Å²) in [6.07, 6.45) is 2.87. The molecule has 0 N–H and O–H groups in total. The van der Waals surface area contributed by atoms with E-state index < -0.39 is 0 Å². The van der Waals surface area contributed by atoms with Gasteiger partial charge in [-0.15, -0.1) is 0 Å². The molecule has 0 saturated carbocycles. The summed E-state index contributed by atoms with van der Waals surface area (Å²) in [6.45, 7) is 6.01. The molecular weight excluding hydrogens is 214 g/mol. The van der Waals surface area contributed by atoms with Crippen LogP contribution in [0.15, 0.2) is 0 Å². The molecule has 1 saturated heterocycles. The van der Waals surface area contributed by atoms with E-state index in [1.807, 2.05) is 6.92 Å². The quantitative estimate of drug-likeness (QED) is 0.715. The fourth-order valence-corrected chi connectivity index (χ4v) is 2.33. The average Bonchev–Trinajstić information content (AvgIpc) is 2.30. The second-order valence-corrected chi connectivity index (χ2v) is 5.28. The third kappa shape index (κ3) is 4.64. The topological polar surface area (TPSA) is 26.8 Å². The van der Waals surface area contributed by atoms with E-state index in [1.165, 1.54) is 0 Å². The van der Waals surface area contributed by atoms with Crippen molar-refractivity contribution >= 4 is 5.91 Å². The van der Waals surface area contributed by atoms with Crippen LogP contribution in [-0.2, 0) is 4.79 Å². The van der Waals surface area contributed by atoms with Crippen molar-refractivity contribution in [2.24, 2.45) is 0 Å². The standard InChI is InChI=1S/C13H27N3O/c1-5-13(17)16(11-10-14(2)3)12-6-8-15(4)9-7-12/h12H,5-11H2,1-4H3. The number of hydrogen-bond donors (Lipinski definition) is 0. The van der Waals surface area contributed by atoms with Crippen LogP contribution in [0.3, 0.4) is 0 Å². The summed E-state index contributed by atoms with van der Waals surface area (Å²) in [4.78, 5) is 18.6. The van der Waals surface area contributed by atoms with E-state index in [4.69, 9.17) is 0 Å². The van der Waals surface area contributed by atoms with Gasteiger partial charge in [-0.1, -0.05) is 6.92 Å². The molecule has 1 rings (SSSR count). The Morgan fingerprint density at radius 1 is 1.24 bits per heavy atom. The molecule has 4 nitrogen and oxygen atoms in total. The van der Waals surface area contributed by atoms with Crippen molar-refractivity contribution in [1.29, 1.82) is 0 Å². The lowest BCUT2D eigenvalue weighted by molar-refractivity contribution is -0.134. The van der Waals surface area contributed by atoms with E-state index in [-0.39, 0.29) is 0 Å². The molecular formula is C13H27N3O. The highest BCUT2D eigenvalue weighted by atomic mass is 16.2. The summed E-state index contributed by atoms with van der Waals surface area (Å²) in [5.74, 6) is 0.307. The minimum atomic E-state index is 0.307. The van der Waals surface area contributed by atoms with Crippen LogP contribution in [-0.4, -0.2) is 74.0 Å². The number of likely N-dealkylation sites (N-methyl/N-ethyl adjacent to an activating group) is 1. The smallest absolute Gasteiger partial charge is 0.222 e. The number of rotatable bonds is 5.